The van der Waals surface area contributed by atoms with Gasteiger partial charge in [-0.1, -0.05) is 30.3 Å². The zero-order valence-corrected chi connectivity index (χ0v) is 16.1. The van der Waals surface area contributed by atoms with E-state index < -0.39 is 10.8 Å². The largest absolute Gasteiger partial charge is 0.322 e. The molecule has 0 aliphatic carbocycles. The number of rotatable bonds is 5. The highest BCUT2D eigenvalue weighted by Gasteiger charge is 2.17. The van der Waals surface area contributed by atoms with E-state index >= 15 is 0 Å². The maximum Gasteiger partial charge on any atom is 0.271 e. The van der Waals surface area contributed by atoms with Gasteiger partial charge >= 0.3 is 0 Å². The predicted octanol–water partition coefficient (Wildman–Crippen LogP) is 3.41. The Bertz CT molecular complexity index is 954. The van der Waals surface area contributed by atoms with Gasteiger partial charge < -0.3 is 5.32 Å². The van der Waals surface area contributed by atoms with Gasteiger partial charge in [0, 0.05) is 26.6 Å². The van der Waals surface area contributed by atoms with Crippen LogP contribution in [0.3, 0.4) is 0 Å². The van der Waals surface area contributed by atoms with Crippen molar-refractivity contribution < 1.29 is 9.72 Å². The number of nitro benzene ring substituents is 1. The first kappa shape index (κ1) is 18.1. The van der Waals surface area contributed by atoms with Crippen LogP contribution in [0.5, 0.6) is 0 Å². The third-order valence-corrected chi connectivity index (χ3v) is 4.52. The average Bonchev–Trinajstić information content (AvgIpc) is 3.07. The molecule has 0 aliphatic heterocycles. The summed E-state index contributed by atoms with van der Waals surface area (Å²) < 4.78 is 0.756. The third-order valence-electron chi connectivity index (χ3n) is 3.27. The molecule has 0 unspecified atom stereocenters. The maximum absolute atomic E-state index is 12.2. The first-order chi connectivity index (χ1) is 12.4. The fraction of sp³-hybridized carbons (Fsp3) is 0.0667. The lowest BCUT2D eigenvalue weighted by Crippen LogP contribution is -2.21. The van der Waals surface area contributed by atoms with Crippen molar-refractivity contribution in [2.45, 2.75) is 6.54 Å². The summed E-state index contributed by atoms with van der Waals surface area (Å²) in [6.07, 6.45) is 0. The van der Waals surface area contributed by atoms with Crippen LogP contribution >= 0.6 is 31.9 Å². The van der Waals surface area contributed by atoms with E-state index in [0.717, 1.165) is 5.56 Å². The highest BCUT2D eigenvalue weighted by Crippen LogP contribution is 2.35. The highest BCUT2D eigenvalue weighted by atomic mass is 79.9. The lowest BCUT2D eigenvalue weighted by molar-refractivity contribution is -0.385. The number of aromatic nitrogens is 4. The smallest absolute Gasteiger partial charge is 0.271 e. The Balaban J connectivity index is 1.72. The summed E-state index contributed by atoms with van der Waals surface area (Å²) >= 11 is 6.43. The van der Waals surface area contributed by atoms with Crippen LogP contribution in [0.25, 0.3) is 11.4 Å². The van der Waals surface area contributed by atoms with E-state index in [4.69, 9.17) is 0 Å². The Hall–Kier alpha value is -2.66. The molecule has 26 heavy (non-hydrogen) atoms. The molecule has 1 N–H and O–H groups in total. The number of halogens is 2. The lowest BCUT2D eigenvalue weighted by Gasteiger charge is -2.09. The number of anilines is 1. The Morgan fingerprint density at radius 3 is 2.46 bits per heavy atom. The topological polar surface area (TPSA) is 116 Å². The lowest BCUT2D eigenvalue weighted by atomic mass is 10.2. The summed E-state index contributed by atoms with van der Waals surface area (Å²) in [5, 5.41) is 25.5. The van der Waals surface area contributed by atoms with E-state index in [1.165, 1.54) is 16.9 Å². The van der Waals surface area contributed by atoms with Gasteiger partial charge in [0.25, 0.3) is 5.69 Å². The standard InChI is InChI=1S/C15H10Br2N6O3/c16-11-6-10(23(25)26)7-12(17)14(11)18-13(24)8-22-20-15(19-21-22)9-4-2-1-3-5-9/h1-7H,8H2,(H,18,24). The van der Waals surface area contributed by atoms with E-state index in [0.29, 0.717) is 20.5 Å². The van der Waals surface area contributed by atoms with Crippen LogP contribution in [0, 0.1) is 10.1 Å². The average molecular weight is 482 g/mol. The number of benzene rings is 2. The van der Waals surface area contributed by atoms with Gasteiger partial charge in [-0.05, 0) is 37.1 Å². The molecule has 3 aromatic rings. The predicted molar refractivity (Wildman–Crippen MR) is 100 cm³/mol. The number of hydrogen-bond donors (Lipinski definition) is 1. The minimum absolute atomic E-state index is 0.104. The molecule has 0 bridgehead atoms. The molecule has 0 atom stereocenters. The summed E-state index contributed by atoms with van der Waals surface area (Å²) in [5.41, 5.74) is 1.07. The number of nitrogens with one attached hydrogen (secondary N) is 1. The second kappa shape index (κ2) is 7.70. The van der Waals surface area contributed by atoms with Crippen molar-refractivity contribution in [2.75, 3.05) is 5.32 Å². The molecule has 0 spiro atoms. The van der Waals surface area contributed by atoms with Gasteiger partial charge in [0.2, 0.25) is 11.7 Å². The van der Waals surface area contributed by atoms with Crippen LogP contribution in [0.4, 0.5) is 11.4 Å². The molecule has 11 heteroatoms. The Labute approximate surface area is 163 Å². The summed E-state index contributed by atoms with van der Waals surface area (Å²) in [5.74, 6) is 0.00774. The number of amides is 1. The van der Waals surface area contributed by atoms with E-state index in [-0.39, 0.29) is 12.2 Å². The monoisotopic (exact) mass is 480 g/mol. The van der Waals surface area contributed by atoms with E-state index in [9.17, 15) is 14.9 Å². The second-order valence-electron chi connectivity index (χ2n) is 5.10. The van der Waals surface area contributed by atoms with E-state index in [1.807, 2.05) is 30.3 Å². The van der Waals surface area contributed by atoms with Crippen molar-refractivity contribution >= 4 is 49.1 Å². The summed E-state index contributed by atoms with van der Waals surface area (Å²) in [6, 6.07) is 11.9. The molecule has 1 aromatic heterocycles. The van der Waals surface area contributed by atoms with Crippen molar-refractivity contribution in [3.8, 4) is 11.4 Å². The van der Waals surface area contributed by atoms with Gasteiger partial charge in [-0.15, -0.1) is 10.2 Å². The van der Waals surface area contributed by atoms with Crippen molar-refractivity contribution in [3.05, 3.63) is 61.5 Å². The number of carbonyl (C=O) groups is 1. The second-order valence-corrected chi connectivity index (χ2v) is 6.81. The van der Waals surface area contributed by atoms with Gasteiger partial charge in [0.05, 0.1) is 10.6 Å². The van der Waals surface area contributed by atoms with Crippen LogP contribution < -0.4 is 5.32 Å². The maximum atomic E-state index is 12.2. The molecule has 0 saturated heterocycles. The minimum Gasteiger partial charge on any atom is -0.322 e. The zero-order valence-electron chi connectivity index (χ0n) is 13.0. The number of non-ortho nitro benzene ring substituents is 1. The molecular weight excluding hydrogens is 472 g/mol. The van der Waals surface area contributed by atoms with Crippen molar-refractivity contribution in [2.24, 2.45) is 0 Å². The molecule has 2 aromatic carbocycles. The third kappa shape index (κ3) is 4.11. The first-order valence-electron chi connectivity index (χ1n) is 7.20. The molecule has 0 aliphatic rings. The van der Waals surface area contributed by atoms with Crippen LogP contribution in [0.15, 0.2) is 51.4 Å². The summed E-state index contributed by atoms with van der Waals surface area (Å²) in [6.45, 7) is -0.157. The normalized spacial score (nSPS) is 10.5. The van der Waals surface area contributed by atoms with Crippen LogP contribution in [-0.4, -0.2) is 31.0 Å². The molecular formula is C15H10Br2N6O3. The molecule has 0 saturated carbocycles. The quantitative estimate of drug-likeness (QED) is 0.441. The number of nitro groups is 1. The van der Waals surface area contributed by atoms with Gasteiger partial charge in [-0.25, -0.2) is 0 Å². The molecule has 0 radical (unpaired) electrons. The summed E-state index contributed by atoms with van der Waals surface area (Å²) in [7, 11) is 0. The Morgan fingerprint density at radius 1 is 1.19 bits per heavy atom. The number of nitrogens with zero attached hydrogens (tertiary/aromatic N) is 5. The fourth-order valence-electron chi connectivity index (χ4n) is 2.10. The molecule has 3 rings (SSSR count). The van der Waals surface area contributed by atoms with Crippen molar-refractivity contribution in [1.29, 1.82) is 0 Å². The van der Waals surface area contributed by atoms with Gasteiger partial charge in [-0.2, -0.15) is 4.80 Å². The van der Waals surface area contributed by atoms with Gasteiger partial charge in [0.1, 0.15) is 6.54 Å². The SMILES string of the molecule is O=C(Cn1nnc(-c2ccccc2)n1)Nc1c(Br)cc([N+](=O)[O-])cc1Br. The molecule has 1 amide bonds. The molecule has 132 valence electrons. The molecule has 1 heterocycles. The van der Waals surface area contributed by atoms with Crippen LogP contribution in [0.1, 0.15) is 0 Å². The Kier molecular flexibility index (Phi) is 5.38. The zero-order chi connectivity index (χ0) is 18.7. The van der Waals surface area contributed by atoms with Crippen LogP contribution in [-0.2, 0) is 11.3 Å². The number of hydrogen-bond acceptors (Lipinski definition) is 6. The van der Waals surface area contributed by atoms with Gasteiger partial charge in [-0.3, -0.25) is 14.9 Å². The Morgan fingerprint density at radius 2 is 1.85 bits per heavy atom. The fourth-order valence-corrected chi connectivity index (χ4v) is 3.47. The van der Waals surface area contributed by atoms with E-state index in [2.05, 4.69) is 52.6 Å². The van der Waals surface area contributed by atoms with Crippen molar-refractivity contribution in [3.63, 3.8) is 0 Å². The molecule has 0 fully saturated rings. The molecule has 9 nitrogen and oxygen atoms in total. The number of tetrazole rings is 1. The van der Waals surface area contributed by atoms with Crippen molar-refractivity contribution in [1.82, 2.24) is 20.2 Å². The summed E-state index contributed by atoms with van der Waals surface area (Å²) in [4.78, 5) is 23.7. The first-order valence-corrected chi connectivity index (χ1v) is 8.79. The minimum atomic E-state index is -0.522. The van der Waals surface area contributed by atoms with E-state index in [1.54, 1.807) is 0 Å². The number of carbonyl (C=O) groups excluding carboxylic acids is 1. The van der Waals surface area contributed by atoms with Gasteiger partial charge in [0.15, 0.2) is 0 Å². The highest BCUT2D eigenvalue weighted by molar-refractivity contribution is 9.11. The van der Waals surface area contributed by atoms with Crippen LogP contribution in [0.2, 0.25) is 0 Å².